The van der Waals surface area contributed by atoms with Crippen LogP contribution in [0.1, 0.15) is 17.5 Å². The van der Waals surface area contributed by atoms with E-state index in [2.05, 4.69) is 15.4 Å². The molecule has 2 aromatic rings. The van der Waals surface area contributed by atoms with E-state index in [1.165, 1.54) is 37.5 Å². The SMILES string of the molecule is CC(OC(=O)CNC(=O)c1ccco1)C(=O)Nc1ccc(OC(F)(F)F)cc1. The van der Waals surface area contributed by atoms with Crippen LogP contribution in [0.5, 0.6) is 5.75 Å². The molecular formula is C17H15F3N2O6. The minimum Gasteiger partial charge on any atom is -0.459 e. The molecule has 0 radical (unpaired) electrons. The molecule has 1 unspecified atom stereocenters. The quantitative estimate of drug-likeness (QED) is 0.692. The predicted molar refractivity (Wildman–Crippen MR) is 88.3 cm³/mol. The number of anilines is 1. The van der Waals surface area contributed by atoms with Gasteiger partial charge >= 0.3 is 12.3 Å². The Morgan fingerprint density at radius 2 is 1.82 bits per heavy atom. The Morgan fingerprint density at radius 3 is 2.39 bits per heavy atom. The Labute approximate surface area is 156 Å². The van der Waals surface area contributed by atoms with Crippen LogP contribution in [0, 0.1) is 0 Å². The molecule has 0 aliphatic heterocycles. The van der Waals surface area contributed by atoms with Crippen molar-refractivity contribution in [3.8, 4) is 5.75 Å². The minimum atomic E-state index is -4.82. The van der Waals surface area contributed by atoms with Crippen LogP contribution in [-0.2, 0) is 14.3 Å². The standard InChI is InChI=1S/C17H15F3N2O6/c1-10(27-14(23)9-21-16(25)13-3-2-8-26-13)15(24)22-11-4-6-12(7-5-11)28-17(18,19)20/h2-8,10H,9H2,1H3,(H,21,25)(H,22,24). The first-order chi connectivity index (χ1) is 13.1. The summed E-state index contributed by atoms with van der Waals surface area (Å²) in [6.45, 7) is 0.809. The molecule has 0 saturated heterocycles. The maximum absolute atomic E-state index is 12.1. The highest BCUT2D eigenvalue weighted by atomic mass is 19.4. The van der Waals surface area contributed by atoms with Gasteiger partial charge in [0.1, 0.15) is 12.3 Å². The fourth-order valence-electron chi connectivity index (χ4n) is 1.92. The van der Waals surface area contributed by atoms with Crippen molar-refractivity contribution >= 4 is 23.5 Å². The first-order valence-electron chi connectivity index (χ1n) is 7.82. The number of carbonyl (C=O) groups is 3. The lowest BCUT2D eigenvalue weighted by Gasteiger charge is -2.14. The smallest absolute Gasteiger partial charge is 0.459 e. The number of nitrogens with one attached hydrogen (secondary N) is 2. The van der Waals surface area contributed by atoms with Crippen LogP contribution in [0.25, 0.3) is 0 Å². The molecule has 1 aromatic carbocycles. The van der Waals surface area contributed by atoms with Gasteiger partial charge in [0.25, 0.3) is 11.8 Å². The van der Waals surface area contributed by atoms with Crippen LogP contribution in [0.2, 0.25) is 0 Å². The number of benzene rings is 1. The van der Waals surface area contributed by atoms with Gasteiger partial charge in [-0.05, 0) is 43.3 Å². The summed E-state index contributed by atoms with van der Waals surface area (Å²) in [5.74, 6) is -2.64. The highest BCUT2D eigenvalue weighted by Crippen LogP contribution is 2.24. The third-order valence-corrected chi connectivity index (χ3v) is 3.17. The monoisotopic (exact) mass is 400 g/mol. The second-order valence-electron chi connectivity index (χ2n) is 5.35. The number of hydrogen-bond donors (Lipinski definition) is 2. The van der Waals surface area contributed by atoms with Crippen molar-refractivity contribution in [1.82, 2.24) is 5.32 Å². The molecule has 1 aromatic heterocycles. The second-order valence-corrected chi connectivity index (χ2v) is 5.35. The fourth-order valence-corrected chi connectivity index (χ4v) is 1.92. The van der Waals surface area contributed by atoms with E-state index >= 15 is 0 Å². The van der Waals surface area contributed by atoms with Gasteiger partial charge in [-0.15, -0.1) is 13.2 Å². The van der Waals surface area contributed by atoms with Crippen molar-refractivity contribution in [3.63, 3.8) is 0 Å². The molecule has 0 spiro atoms. The molecule has 0 bridgehead atoms. The summed E-state index contributed by atoms with van der Waals surface area (Å²) in [5.41, 5.74) is 0.175. The van der Waals surface area contributed by atoms with E-state index in [4.69, 9.17) is 9.15 Å². The van der Waals surface area contributed by atoms with Crippen LogP contribution < -0.4 is 15.4 Å². The van der Waals surface area contributed by atoms with Crippen molar-refractivity contribution in [3.05, 3.63) is 48.4 Å². The maximum Gasteiger partial charge on any atom is 0.573 e. The van der Waals surface area contributed by atoms with Gasteiger partial charge in [0, 0.05) is 5.69 Å². The minimum absolute atomic E-state index is 0.0107. The lowest BCUT2D eigenvalue weighted by atomic mass is 10.3. The Balaban J connectivity index is 1.78. The van der Waals surface area contributed by atoms with E-state index in [1.807, 2.05) is 0 Å². The third kappa shape index (κ3) is 6.67. The van der Waals surface area contributed by atoms with E-state index in [1.54, 1.807) is 0 Å². The zero-order chi connectivity index (χ0) is 20.7. The molecular weight excluding hydrogens is 385 g/mol. The maximum atomic E-state index is 12.1. The van der Waals surface area contributed by atoms with Gasteiger partial charge in [-0.2, -0.15) is 0 Å². The summed E-state index contributed by atoms with van der Waals surface area (Å²) < 4.78 is 49.7. The van der Waals surface area contributed by atoms with Crippen LogP contribution in [0.4, 0.5) is 18.9 Å². The lowest BCUT2D eigenvalue weighted by Crippen LogP contribution is -2.35. The number of halogens is 3. The van der Waals surface area contributed by atoms with Gasteiger partial charge in [0.05, 0.1) is 6.26 Å². The predicted octanol–water partition coefficient (Wildman–Crippen LogP) is 2.48. The Morgan fingerprint density at radius 1 is 1.14 bits per heavy atom. The largest absolute Gasteiger partial charge is 0.573 e. The normalized spacial score (nSPS) is 12.0. The number of rotatable bonds is 7. The number of esters is 1. The van der Waals surface area contributed by atoms with Gasteiger partial charge in [-0.25, -0.2) is 0 Å². The molecule has 11 heteroatoms. The molecule has 2 N–H and O–H groups in total. The van der Waals surface area contributed by atoms with Gasteiger partial charge in [0.15, 0.2) is 11.9 Å². The number of alkyl halides is 3. The van der Waals surface area contributed by atoms with Gasteiger partial charge in [0.2, 0.25) is 0 Å². The van der Waals surface area contributed by atoms with Crippen molar-refractivity contribution in [1.29, 1.82) is 0 Å². The third-order valence-electron chi connectivity index (χ3n) is 3.17. The van der Waals surface area contributed by atoms with E-state index in [0.717, 1.165) is 12.1 Å². The van der Waals surface area contributed by atoms with E-state index in [9.17, 15) is 27.6 Å². The lowest BCUT2D eigenvalue weighted by molar-refractivity contribution is -0.274. The first-order valence-corrected chi connectivity index (χ1v) is 7.82. The van der Waals surface area contributed by atoms with Crippen molar-refractivity contribution < 1.29 is 41.4 Å². The van der Waals surface area contributed by atoms with Gasteiger partial charge in [-0.3, -0.25) is 14.4 Å². The molecule has 2 amide bonds. The van der Waals surface area contributed by atoms with E-state index in [0.29, 0.717) is 0 Å². The summed E-state index contributed by atoms with van der Waals surface area (Å²) in [4.78, 5) is 35.3. The Kier molecular flexibility index (Phi) is 6.64. The molecule has 0 fully saturated rings. The van der Waals surface area contributed by atoms with Crippen LogP contribution in [-0.4, -0.2) is 36.8 Å². The van der Waals surface area contributed by atoms with Crippen molar-refractivity contribution in [2.45, 2.75) is 19.4 Å². The highest BCUT2D eigenvalue weighted by Gasteiger charge is 2.31. The summed E-state index contributed by atoms with van der Waals surface area (Å²) in [6, 6.07) is 7.32. The highest BCUT2D eigenvalue weighted by molar-refractivity contribution is 5.96. The molecule has 0 saturated carbocycles. The number of carbonyl (C=O) groups excluding carboxylic acids is 3. The van der Waals surface area contributed by atoms with Crippen molar-refractivity contribution in [2.24, 2.45) is 0 Å². The zero-order valence-corrected chi connectivity index (χ0v) is 14.4. The Hall–Kier alpha value is -3.50. The molecule has 0 aliphatic carbocycles. The van der Waals surface area contributed by atoms with Crippen LogP contribution in [0.15, 0.2) is 47.1 Å². The van der Waals surface area contributed by atoms with Gasteiger partial charge in [-0.1, -0.05) is 0 Å². The fraction of sp³-hybridized carbons (Fsp3) is 0.235. The first kappa shape index (κ1) is 20.8. The van der Waals surface area contributed by atoms with Crippen LogP contribution >= 0.6 is 0 Å². The molecule has 2 rings (SSSR count). The molecule has 0 aliphatic rings. The summed E-state index contributed by atoms with van der Waals surface area (Å²) in [5, 5.41) is 4.63. The molecule has 8 nitrogen and oxygen atoms in total. The summed E-state index contributed by atoms with van der Waals surface area (Å²) in [7, 11) is 0. The summed E-state index contributed by atoms with van der Waals surface area (Å²) >= 11 is 0. The Bertz CT molecular complexity index is 818. The summed E-state index contributed by atoms with van der Waals surface area (Å²) in [6.07, 6.45) is -4.74. The number of furan rings is 1. The molecule has 1 heterocycles. The second kappa shape index (κ2) is 8.93. The number of ether oxygens (including phenoxy) is 2. The van der Waals surface area contributed by atoms with E-state index in [-0.39, 0.29) is 11.4 Å². The molecule has 1 atom stereocenters. The van der Waals surface area contributed by atoms with Crippen LogP contribution in [0.3, 0.4) is 0 Å². The topological polar surface area (TPSA) is 107 Å². The average Bonchev–Trinajstić information content (AvgIpc) is 3.14. The van der Waals surface area contributed by atoms with Gasteiger partial charge < -0.3 is 24.5 Å². The number of amides is 2. The van der Waals surface area contributed by atoms with E-state index < -0.39 is 42.5 Å². The zero-order valence-electron chi connectivity index (χ0n) is 14.4. The van der Waals surface area contributed by atoms with Crippen molar-refractivity contribution in [2.75, 3.05) is 11.9 Å². The average molecular weight is 400 g/mol. The number of hydrogen-bond acceptors (Lipinski definition) is 6. The molecule has 28 heavy (non-hydrogen) atoms. The molecule has 150 valence electrons.